The second-order valence-electron chi connectivity index (χ2n) is 4.15. The Morgan fingerprint density at radius 2 is 2.31 bits per heavy atom. The van der Waals surface area contributed by atoms with Crippen LogP contribution in [0.2, 0.25) is 0 Å². The van der Waals surface area contributed by atoms with Crippen LogP contribution in [0.3, 0.4) is 0 Å². The molecule has 1 aromatic rings. The first-order valence-electron chi connectivity index (χ1n) is 5.30. The summed E-state index contributed by atoms with van der Waals surface area (Å²) >= 11 is 5.09. The van der Waals surface area contributed by atoms with E-state index in [-0.39, 0.29) is 12.5 Å². The lowest BCUT2D eigenvalue weighted by atomic mass is 10.1. The van der Waals surface area contributed by atoms with E-state index in [0.717, 1.165) is 23.0 Å². The van der Waals surface area contributed by atoms with Crippen molar-refractivity contribution in [3.63, 3.8) is 0 Å². The lowest BCUT2D eigenvalue weighted by Gasteiger charge is -2.11. The highest BCUT2D eigenvalue weighted by atomic mass is 79.9. The summed E-state index contributed by atoms with van der Waals surface area (Å²) < 4.78 is 1.11. The average molecular weight is 304 g/mol. The zero-order valence-corrected chi connectivity index (χ0v) is 11.2. The van der Waals surface area contributed by atoms with Gasteiger partial charge in [0.15, 0.2) is 0 Å². The van der Waals surface area contributed by atoms with E-state index in [1.54, 1.807) is 11.3 Å². The number of halogens is 1. The molecule has 1 aliphatic carbocycles. The normalized spacial score (nSPS) is 17.1. The zero-order chi connectivity index (χ0) is 11.6. The molecule has 1 amide bonds. The van der Waals surface area contributed by atoms with Crippen molar-refractivity contribution < 1.29 is 9.90 Å². The third-order valence-electron chi connectivity index (χ3n) is 2.92. The van der Waals surface area contributed by atoms with E-state index in [1.807, 2.05) is 6.07 Å². The fourth-order valence-corrected chi connectivity index (χ4v) is 3.06. The van der Waals surface area contributed by atoms with Crippen LogP contribution in [0, 0.1) is 5.41 Å². The lowest BCUT2D eigenvalue weighted by Crippen LogP contribution is -2.35. The Morgan fingerprint density at radius 1 is 1.56 bits per heavy atom. The first-order chi connectivity index (χ1) is 7.66. The first-order valence-corrected chi connectivity index (χ1v) is 6.91. The summed E-state index contributed by atoms with van der Waals surface area (Å²) in [5, 5.41) is 12.0. The van der Waals surface area contributed by atoms with Crippen LogP contribution in [0.25, 0.3) is 0 Å². The van der Waals surface area contributed by atoms with Crippen LogP contribution in [0.1, 0.15) is 17.7 Å². The number of nitrogens with one attached hydrogen (secondary N) is 1. The van der Waals surface area contributed by atoms with Gasteiger partial charge in [-0.25, -0.2) is 0 Å². The number of amides is 1. The first kappa shape index (κ1) is 12.1. The summed E-state index contributed by atoms with van der Waals surface area (Å²) in [4.78, 5) is 12.9. The van der Waals surface area contributed by atoms with Gasteiger partial charge in [-0.2, -0.15) is 0 Å². The lowest BCUT2D eigenvalue weighted by molar-refractivity contribution is -0.127. The van der Waals surface area contributed by atoms with Crippen LogP contribution >= 0.6 is 27.3 Å². The smallest absolute Gasteiger partial charge is 0.228 e. The van der Waals surface area contributed by atoms with Crippen LogP contribution < -0.4 is 5.32 Å². The average Bonchev–Trinajstić information content (AvgIpc) is 2.98. The molecule has 0 unspecified atom stereocenters. The molecule has 16 heavy (non-hydrogen) atoms. The summed E-state index contributed by atoms with van der Waals surface area (Å²) in [6.07, 6.45) is 2.49. The quantitative estimate of drug-likeness (QED) is 0.873. The highest BCUT2D eigenvalue weighted by Gasteiger charge is 2.49. The van der Waals surface area contributed by atoms with Gasteiger partial charge in [0.2, 0.25) is 5.91 Å². The fraction of sp³-hybridized carbons (Fsp3) is 0.545. The molecule has 0 aliphatic heterocycles. The van der Waals surface area contributed by atoms with E-state index in [4.69, 9.17) is 5.11 Å². The van der Waals surface area contributed by atoms with E-state index in [9.17, 15) is 4.79 Å². The second-order valence-corrected chi connectivity index (χ2v) is 6.70. The van der Waals surface area contributed by atoms with Crippen molar-refractivity contribution in [2.75, 3.05) is 13.2 Å². The predicted octanol–water partition coefficient (Wildman–Crippen LogP) is 1.94. The third-order valence-corrected chi connectivity index (χ3v) is 4.61. The van der Waals surface area contributed by atoms with Crippen molar-refractivity contribution in [2.24, 2.45) is 5.41 Å². The predicted molar refractivity (Wildman–Crippen MR) is 67.5 cm³/mol. The van der Waals surface area contributed by atoms with Crippen molar-refractivity contribution in [1.82, 2.24) is 5.32 Å². The molecule has 0 radical (unpaired) electrons. The van der Waals surface area contributed by atoms with E-state index < -0.39 is 5.41 Å². The Morgan fingerprint density at radius 3 is 2.81 bits per heavy atom. The van der Waals surface area contributed by atoms with Crippen molar-refractivity contribution >= 4 is 33.2 Å². The number of carbonyl (C=O) groups excluding carboxylic acids is 1. The molecule has 1 aliphatic rings. The minimum absolute atomic E-state index is 0.00521. The Bertz CT molecular complexity index is 387. The molecule has 1 heterocycles. The fourth-order valence-electron chi connectivity index (χ4n) is 1.58. The minimum atomic E-state index is -0.448. The standard InChI is InChI=1S/C11H14BrNO2S/c12-9-2-1-8(16-9)3-6-13-10(15)11(7-14)4-5-11/h1-2,14H,3-7H2,(H,13,15). The van der Waals surface area contributed by atoms with Gasteiger partial charge in [-0.05, 0) is 47.3 Å². The SMILES string of the molecule is O=C(NCCc1ccc(Br)s1)C1(CO)CC1. The van der Waals surface area contributed by atoms with Crippen molar-refractivity contribution in [1.29, 1.82) is 0 Å². The summed E-state index contributed by atoms with van der Waals surface area (Å²) in [6.45, 7) is 0.622. The molecule has 1 saturated carbocycles. The molecular formula is C11H14BrNO2S. The maximum Gasteiger partial charge on any atom is 0.228 e. The van der Waals surface area contributed by atoms with Gasteiger partial charge in [-0.3, -0.25) is 4.79 Å². The zero-order valence-electron chi connectivity index (χ0n) is 8.83. The maximum atomic E-state index is 11.7. The number of aliphatic hydroxyl groups excluding tert-OH is 1. The summed E-state index contributed by atoms with van der Waals surface area (Å²) in [5.74, 6) is 0.00521. The summed E-state index contributed by atoms with van der Waals surface area (Å²) in [7, 11) is 0. The van der Waals surface area contributed by atoms with Crippen LogP contribution in [0.5, 0.6) is 0 Å². The van der Waals surface area contributed by atoms with E-state index in [0.29, 0.717) is 6.54 Å². The Labute approximate surface area is 107 Å². The van der Waals surface area contributed by atoms with E-state index in [2.05, 4.69) is 27.3 Å². The molecule has 0 atom stereocenters. The maximum absolute atomic E-state index is 11.7. The third kappa shape index (κ3) is 2.64. The molecule has 3 nitrogen and oxygen atoms in total. The van der Waals surface area contributed by atoms with Crippen LogP contribution in [-0.4, -0.2) is 24.2 Å². The van der Waals surface area contributed by atoms with E-state index in [1.165, 1.54) is 4.88 Å². The molecule has 0 aromatic carbocycles. The monoisotopic (exact) mass is 303 g/mol. The van der Waals surface area contributed by atoms with Crippen LogP contribution in [-0.2, 0) is 11.2 Å². The highest BCUT2D eigenvalue weighted by Crippen LogP contribution is 2.45. The second kappa shape index (κ2) is 4.85. The van der Waals surface area contributed by atoms with Gasteiger partial charge in [0.1, 0.15) is 0 Å². The van der Waals surface area contributed by atoms with Gasteiger partial charge in [0.25, 0.3) is 0 Å². The molecule has 88 valence electrons. The molecule has 2 N–H and O–H groups in total. The van der Waals surface area contributed by atoms with Gasteiger partial charge < -0.3 is 10.4 Å². The molecule has 1 fully saturated rings. The minimum Gasteiger partial charge on any atom is -0.395 e. The topological polar surface area (TPSA) is 49.3 Å². The van der Waals surface area contributed by atoms with Gasteiger partial charge >= 0.3 is 0 Å². The van der Waals surface area contributed by atoms with Crippen molar-refractivity contribution in [2.45, 2.75) is 19.3 Å². The van der Waals surface area contributed by atoms with Crippen molar-refractivity contribution in [3.8, 4) is 0 Å². The summed E-state index contributed by atoms with van der Waals surface area (Å²) in [6, 6.07) is 4.07. The highest BCUT2D eigenvalue weighted by molar-refractivity contribution is 9.11. The van der Waals surface area contributed by atoms with Crippen LogP contribution in [0.15, 0.2) is 15.9 Å². The van der Waals surface area contributed by atoms with Crippen molar-refractivity contribution in [3.05, 3.63) is 20.8 Å². The Kier molecular flexibility index (Phi) is 3.66. The Hall–Kier alpha value is -0.390. The Balaban J connectivity index is 1.74. The van der Waals surface area contributed by atoms with Gasteiger partial charge in [0, 0.05) is 11.4 Å². The molecule has 2 rings (SSSR count). The largest absolute Gasteiger partial charge is 0.395 e. The molecule has 1 aromatic heterocycles. The number of rotatable bonds is 5. The molecule has 0 saturated heterocycles. The number of hydrogen-bond acceptors (Lipinski definition) is 3. The van der Waals surface area contributed by atoms with Gasteiger partial charge in [-0.1, -0.05) is 0 Å². The molecule has 0 bridgehead atoms. The number of aliphatic hydroxyl groups is 1. The van der Waals surface area contributed by atoms with Crippen LogP contribution in [0.4, 0.5) is 0 Å². The summed E-state index contributed by atoms with van der Waals surface area (Å²) in [5.41, 5.74) is -0.448. The van der Waals surface area contributed by atoms with Gasteiger partial charge in [0.05, 0.1) is 15.8 Å². The molecular weight excluding hydrogens is 290 g/mol. The molecule has 5 heteroatoms. The number of carbonyl (C=O) groups is 1. The number of thiophene rings is 1. The number of hydrogen-bond donors (Lipinski definition) is 2. The van der Waals surface area contributed by atoms with Gasteiger partial charge in [-0.15, -0.1) is 11.3 Å². The molecule has 0 spiro atoms. The van der Waals surface area contributed by atoms with E-state index >= 15 is 0 Å².